The largest absolute Gasteiger partial charge is 0.507 e. The molecule has 0 aliphatic carbocycles. The standard InChI is InChI=1S/C15H15NO3/c1-19-13-9-5-8-12(17)14(13)15(18)16-10-11-6-3-2-4-7-11/h2-9,17H,10H2,1H3,(H,16,18). The van der Waals surface area contributed by atoms with Gasteiger partial charge in [-0.25, -0.2) is 0 Å². The first-order valence-corrected chi connectivity index (χ1v) is 5.90. The number of phenolic OH excluding ortho intramolecular Hbond substituents is 1. The van der Waals surface area contributed by atoms with E-state index in [9.17, 15) is 9.90 Å². The van der Waals surface area contributed by atoms with Gasteiger partial charge in [-0.2, -0.15) is 0 Å². The molecule has 0 aliphatic heterocycles. The first kappa shape index (κ1) is 13.0. The van der Waals surface area contributed by atoms with E-state index in [1.807, 2.05) is 30.3 Å². The molecular formula is C15H15NO3. The third-order valence-electron chi connectivity index (χ3n) is 2.75. The normalized spacial score (nSPS) is 9.95. The number of carbonyl (C=O) groups is 1. The van der Waals surface area contributed by atoms with Crippen LogP contribution in [0.4, 0.5) is 0 Å². The molecule has 0 bridgehead atoms. The van der Waals surface area contributed by atoms with Crippen LogP contribution in [0.5, 0.6) is 11.5 Å². The molecule has 98 valence electrons. The summed E-state index contributed by atoms with van der Waals surface area (Å²) >= 11 is 0. The predicted molar refractivity (Wildman–Crippen MR) is 72.3 cm³/mol. The highest BCUT2D eigenvalue weighted by atomic mass is 16.5. The van der Waals surface area contributed by atoms with Gasteiger partial charge in [-0.1, -0.05) is 36.4 Å². The molecule has 0 fully saturated rings. The molecule has 19 heavy (non-hydrogen) atoms. The van der Waals surface area contributed by atoms with Gasteiger partial charge in [-0.05, 0) is 17.7 Å². The van der Waals surface area contributed by atoms with Crippen molar-refractivity contribution in [3.63, 3.8) is 0 Å². The van der Waals surface area contributed by atoms with Gasteiger partial charge >= 0.3 is 0 Å². The van der Waals surface area contributed by atoms with Crippen LogP contribution < -0.4 is 10.1 Å². The summed E-state index contributed by atoms with van der Waals surface area (Å²) in [5.74, 6) is -0.103. The van der Waals surface area contributed by atoms with Crippen molar-refractivity contribution >= 4 is 5.91 Å². The number of rotatable bonds is 4. The first-order valence-electron chi connectivity index (χ1n) is 5.90. The van der Waals surface area contributed by atoms with E-state index in [1.54, 1.807) is 12.1 Å². The van der Waals surface area contributed by atoms with Crippen LogP contribution in [0.25, 0.3) is 0 Å². The van der Waals surface area contributed by atoms with Crippen LogP contribution in [0.2, 0.25) is 0 Å². The Bertz CT molecular complexity index is 567. The average Bonchev–Trinajstić information content (AvgIpc) is 2.45. The second-order valence-electron chi connectivity index (χ2n) is 4.02. The van der Waals surface area contributed by atoms with Gasteiger partial charge in [0.1, 0.15) is 17.1 Å². The van der Waals surface area contributed by atoms with Crippen LogP contribution in [0.1, 0.15) is 15.9 Å². The van der Waals surface area contributed by atoms with E-state index in [0.29, 0.717) is 12.3 Å². The third kappa shape index (κ3) is 3.04. The van der Waals surface area contributed by atoms with Crippen LogP contribution in [0.3, 0.4) is 0 Å². The topological polar surface area (TPSA) is 58.6 Å². The molecule has 1 amide bonds. The minimum Gasteiger partial charge on any atom is -0.507 e. The molecule has 0 unspecified atom stereocenters. The fraction of sp³-hybridized carbons (Fsp3) is 0.133. The number of ether oxygens (including phenoxy) is 1. The maximum atomic E-state index is 12.1. The van der Waals surface area contributed by atoms with E-state index < -0.39 is 0 Å². The zero-order valence-electron chi connectivity index (χ0n) is 10.6. The highest BCUT2D eigenvalue weighted by molar-refractivity contribution is 5.99. The number of hydrogen-bond acceptors (Lipinski definition) is 3. The van der Waals surface area contributed by atoms with Crippen molar-refractivity contribution in [3.8, 4) is 11.5 Å². The Morgan fingerprint density at radius 2 is 1.89 bits per heavy atom. The predicted octanol–water partition coefficient (Wildman–Crippen LogP) is 2.33. The Hall–Kier alpha value is -2.49. The Morgan fingerprint density at radius 3 is 2.58 bits per heavy atom. The number of hydrogen-bond donors (Lipinski definition) is 2. The smallest absolute Gasteiger partial charge is 0.259 e. The van der Waals surface area contributed by atoms with Crippen molar-refractivity contribution in [2.45, 2.75) is 6.54 Å². The lowest BCUT2D eigenvalue weighted by atomic mass is 10.1. The molecule has 4 heteroatoms. The van der Waals surface area contributed by atoms with Crippen molar-refractivity contribution in [1.82, 2.24) is 5.32 Å². The Kier molecular flexibility index (Phi) is 4.03. The van der Waals surface area contributed by atoms with E-state index in [0.717, 1.165) is 5.56 Å². The zero-order valence-corrected chi connectivity index (χ0v) is 10.6. The van der Waals surface area contributed by atoms with E-state index in [1.165, 1.54) is 13.2 Å². The number of aromatic hydroxyl groups is 1. The highest BCUT2D eigenvalue weighted by Crippen LogP contribution is 2.26. The third-order valence-corrected chi connectivity index (χ3v) is 2.75. The molecular weight excluding hydrogens is 242 g/mol. The molecule has 0 heterocycles. The van der Waals surface area contributed by atoms with Gasteiger partial charge in [-0.3, -0.25) is 4.79 Å². The number of nitrogens with one attached hydrogen (secondary N) is 1. The molecule has 2 aromatic rings. The summed E-state index contributed by atoms with van der Waals surface area (Å²) in [6, 6.07) is 14.3. The van der Waals surface area contributed by atoms with Crippen LogP contribution in [0, 0.1) is 0 Å². The first-order chi connectivity index (χ1) is 9.22. The minimum absolute atomic E-state index is 0.0927. The number of phenols is 1. The molecule has 2 aromatic carbocycles. The van der Waals surface area contributed by atoms with E-state index >= 15 is 0 Å². The molecule has 0 radical (unpaired) electrons. The molecule has 0 aliphatic rings. The van der Waals surface area contributed by atoms with Gasteiger partial charge in [0.25, 0.3) is 5.91 Å². The summed E-state index contributed by atoms with van der Waals surface area (Å²) in [4.78, 5) is 12.1. The number of carbonyl (C=O) groups excluding carboxylic acids is 1. The van der Waals surface area contributed by atoms with Gasteiger partial charge < -0.3 is 15.2 Å². The Morgan fingerprint density at radius 1 is 1.16 bits per heavy atom. The molecule has 2 rings (SSSR count). The summed E-state index contributed by atoms with van der Waals surface area (Å²) < 4.78 is 5.08. The lowest BCUT2D eigenvalue weighted by Crippen LogP contribution is -2.23. The van der Waals surface area contributed by atoms with Crippen LogP contribution in [0.15, 0.2) is 48.5 Å². The van der Waals surface area contributed by atoms with Crippen molar-refractivity contribution < 1.29 is 14.6 Å². The molecule has 0 saturated carbocycles. The quantitative estimate of drug-likeness (QED) is 0.883. The fourth-order valence-electron chi connectivity index (χ4n) is 1.78. The Labute approximate surface area is 111 Å². The monoisotopic (exact) mass is 257 g/mol. The maximum absolute atomic E-state index is 12.1. The summed E-state index contributed by atoms with van der Waals surface area (Å²) in [5.41, 5.74) is 1.14. The minimum atomic E-state index is -0.362. The maximum Gasteiger partial charge on any atom is 0.259 e. The summed E-state index contributed by atoms with van der Waals surface area (Å²) in [7, 11) is 1.46. The second-order valence-corrected chi connectivity index (χ2v) is 4.02. The molecule has 2 N–H and O–H groups in total. The van der Waals surface area contributed by atoms with E-state index in [4.69, 9.17) is 4.74 Å². The number of methoxy groups -OCH3 is 1. The molecule has 4 nitrogen and oxygen atoms in total. The molecule has 0 atom stereocenters. The van der Waals surface area contributed by atoms with E-state index in [2.05, 4.69) is 5.32 Å². The lowest BCUT2D eigenvalue weighted by Gasteiger charge is -2.10. The molecule has 0 aromatic heterocycles. The van der Waals surface area contributed by atoms with Crippen molar-refractivity contribution in [2.24, 2.45) is 0 Å². The highest BCUT2D eigenvalue weighted by Gasteiger charge is 2.16. The summed E-state index contributed by atoms with van der Waals surface area (Å²) in [6.07, 6.45) is 0. The number of benzene rings is 2. The average molecular weight is 257 g/mol. The van der Waals surface area contributed by atoms with Crippen molar-refractivity contribution in [2.75, 3.05) is 7.11 Å². The second kappa shape index (κ2) is 5.91. The lowest BCUT2D eigenvalue weighted by molar-refractivity contribution is 0.0945. The summed E-state index contributed by atoms with van der Waals surface area (Å²) in [5, 5.41) is 12.5. The van der Waals surface area contributed by atoms with Gasteiger partial charge in [0.05, 0.1) is 7.11 Å². The van der Waals surface area contributed by atoms with Gasteiger partial charge in [0.15, 0.2) is 0 Å². The van der Waals surface area contributed by atoms with Crippen LogP contribution in [-0.2, 0) is 6.54 Å². The number of amides is 1. The Balaban J connectivity index is 2.12. The SMILES string of the molecule is COc1cccc(O)c1C(=O)NCc1ccccc1. The summed E-state index contributed by atoms with van der Waals surface area (Å²) in [6.45, 7) is 0.400. The molecule has 0 saturated heterocycles. The molecule has 0 spiro atoms. The van der Waals surface area contributed by atoms with Crippen molar-refractivity contribution in [1.29, 1.82) is 0 Å². The fourth-order valence-corrected chi connectivity index (χ4v) is 1.78. The van der Waals surface area contributed by atoms with Gasteiger partial charge in [0.2, 0.25) is 0 Å². The van der Waals surface area contributed by atoms with E-state index in [-0.39, 0.29) is 17.2 Å². The van der Waals surface area contributed by atoms with Crippen molar-refractivity contribution in [3.05, 3.63) is 59.7 Å². The van der Waals surface area contributed by atoms with Gasteiger partial charge in [-0.15, -0.1) is 0 Å². The van der Waals surface area contributed by atoms with Gasteiger partial charge in [0, 0.05) is 6.54 Å². The van der Waals surface area contributed by atoms with Crippen LogP contribution >= 0.6 is 0 Å². The van der Waals surface area contributed by atoms with Crippen LogP contribution in [-0.4, -0.2) is 18.1 Å². The zero-order chi connectivity index (χ0) is 13.7.